The number of hydrogen-bond donors (Lipinski definition) is 0. The van der Waals surface area contributed by atoms with Gasteiger partial charge in [0.25, 0.3) is 0 Å². The van der Waals surface area contributed by atoms with Crippen LogP contribution in [-0.4, -0.2) is 28.8 Å². The van der Waals surface area contributed by atoms with Gasteiger partial charge in [0, 0.05) is 5.69 Å². The fourth-order valence-electron chi connectivity index (χ4n) is 1.06. The number of hydrogen-bond acceptors (Lipinski definition) is 5. The van der Waals surface area contributed by atoms with Crippen molar-refractivity contribution in [1.29, 1.82) is 0 Å². The lowest BCUT2D eigenvalue weighted by Crippen LogP contribution is -2.09. The van der Waals surface area contributed by atoms with Gasteiger partial charge in [-0.1, -0.05) is 18.7 Å². The summed E-state index contributed by atoms with van der Waals surface area (Å²) in [5.74, 6) is -0.384. The highest BCUT2D eigenvalue weighted by Gasteiger charge is 2.11. The lowest BCUT2D eigenvalue weighted by atomic mass is 10.3. The highest BCUT2D eigenvalue weighted by Crippen LogP contribution is 2.12. The van der Waals surface area contributed by atoms with Gasteiger partial charge < -0.3 is 4.74 Å². The summed E-state index contributed by atoms with van der Waals surface area (Å²) in [6.07, 6.45) is 2.66. The zero-order valence-corrected chi connectivity index (χ0v) is 9.93. The molecule has 0 unspecified atom stereocenters. The predicted octanol–water partition coefficient (Wildman–Crippen LogP) is 1.94. The Morgan fingerprint density at radius 2 is 2.20 bits per heavy atom. The number of ether oxygens (including phenoxy) is 1. The van der Waals surface area contributed by atoms with E-state index in [4.69, 9.17) is 4.74 Å². The van der Waals surface area contributed by atoms with Crippen LogP contribution in [0.1, 0.15) is 30.0 Å². The first-order valence-electron chi connectivity index (χ1n) is 4.80. The van der Waals surface area contributed by atoms with Crippen LogP contribution >= 0.6 is 11.8 Å². The number of esters is 1. The Morgan fingerprint density at radius 3 is 2.73 bits per heavy atom. The SMILES string of the molecule is CCOC(=O)c1cc(CC)nc(SC)n1. The standard InChI is InChI=1S/C10H14N2O2S/c1-4-7-6-8(9(13)14-5-2)12-10(11-7)15-3/h6H,4-5H2,1-3H3. The Hall–Kier alpha value is -1.10. The smallest absolute Gasteiger partial charge is 0.357 e. The van der Waals surface area contributed by atoms with E-state index >= 15 is 0 Å². The number of aryl methyl sites for hydroxylation is 1. The van der Waals surface area contributed by atoms with Gasteiger partial charge in [-0.3, -0.25) is 0 Å². The first-order valence-corrected chi connectivity index (χ1v) is 6.02. The Bertz CT molecular complexity index is 333. The zero-order chi connectivity index (χ0) is 11.3. The molecule has 1 heterocycles. The molecule has 82 valence electrons. The van der Waals surface area contributed by atoms with Crippen molar-refractivity contribution >= 4 is 17.7 Å². The number of carbonyl (C=O) groups is 1. The molecule has 1 aromatic heterocycles. The molecule has 15 heavy (non-hydrogen) atoms. The van der Waals surface area contributed by atoms with Crippen molar-refractivity contribution in [3.8, 4) is 0 Å². The number of rotatable bonds is 4. The summed E-state index contributed by atoms with van der Waals surface area (Å²) in [6, 6.07) is 1.68. The normalized spacial score (nSPS) is 10.1. The quantitative estimate of drug-likeness (QED) is 0.446. The Balaban J connectivity index is 3.01. The van der Waals surface area contributed by atoms with Crippen LogP contribution in [0.5, 0.6) is 0 Å². The minimum absolute atomic E-state index is 0.341. The second-order valence-electron chi connectivity index (χ2n) is 2.81. The molecule has 4 nitrogen and oxygen atoms in total. The molecule has 0 saturated heterocycles. The van der Waals surface area contributed by atoms with Gasteiger partial charge in [-0.25, -0.2) is 14.8 Å². The van der Waals surface area contributed by atoms with Crippen LogP contribution in [0.25, 0.3) is 0 Å². The zero-order valence-electron chi connectivity index (χ0n) is 9.11. The van der Waals surface area contributed by atoms with Crippen LogP contribution < -0.4 is 0 Å². The van der Waals surface area contributed by atoms with E-state index in [1.54, 1.807) is 13.0 Å². The molecule has 1 aromatic rings. The molecule has 0 amide bonds. The van der Waals surface area contributed by atoms with Gasteiger partial charge in [-0.05, 0) is 25.7 Å². The maximum absolute atomic E-state index is 11.5. The lowest BCUT2D eigenvalue weighted by molar-refractivity contribution is 0.0518. The topological polar surface area (TPSA) is 52.1 Å². The molecule has 0 aliphatic rings. The van der Waals surface area contributed by atoms with E-state index in [0.29, 0.717) is 17.5 Å². The second kappa shape index (κ2) is 5.70. The molecule has 0 spiro atoms. The number of carbonyl (C=O) groups excluding carboxylic acids is 1. The summed E-state index contributed by atoms with van der Waals surface area (Å²) >= 11 is 1.42. The van der Waals surface area contributed by atoms with Gasteiger partial charge in [-0.2, -0.15) is 0 Å². The summed E-state index contributed by atoms with van der Waals surface area (Å²) < 4.78 is 4.89. The molecule has 0 fully saturated rings. The largest absolute Gasteiger partial charge is 0.461 e. The number of nitrogens with zero attached hydrogens (tertiary/aromatic N) is 2. The van der Waals surface area contributed by atoms with E-state index < -0.39 is 0 Å². The van der Waals surface area contributed by atoms with Gasteiger partial charge in [0.05, 0.1) is 6.61 Å². The molecular weight excluding hydrogens is 212 g/mol. The van der Waals surface area contributed by atoms with Gasteiger partial charge in [0.2, 0.25) is 0 Å². The van der Waals surface area contributed by atoms with Crippen molar-refractivity contribution in [2.75, 3.05) is 12.9 Å². The maximum atomic E-state index is 11.5. The van der Waals surface area contributed by atoms with Crippen molar-refractivity contribution in [1.82, 2.24) is 9.97 Å². The van der Waals surface area contributed by atoms with Crippen molar-refractivity contribution < 1.29 is 9.53 Å². The summed E-state index contributed by atoms with van der Waals surface area (Å²) in [6.45, 7) is 4.12. The molecule has 0 atom stereocenters. The molecule has 0 saturated carbocycles. The molecule has 0 N–H and O–H groups in total. The molecule has 0 aliphatic heterocycles. The summed E-state index contributed by atoms with van der Waals surface area (Å²) in [4.78, 5) is 19.8. The van der Waals surface area contributed by atoms with Crippen molar-refractivity contribution in [2.24, 2.45) is 0 Å². The molecule has 5 heteroatoms. The van der Waals surface area contributed by atoms with Crippen molar-refractivity contribution in [3.05, 3.63) is 17.5 Å². The van der Waals surface area contributed by atoms with E-state index in [0.717, 1.165) is 12.1 Å². The number of aromatic nitrogens is 2. The van der Waals surface area contributed by atoms with Crippen LogP contribution in [-0.2, 0) is 11.2 Å². The van der Waals surface area contributed by atoms with Gasteiger partial charge in [0.1, 0.15) is 0 Å². The fourth-order valence-corrected chi connectivity index (χ4v) is 1.45. The summed E-state index contributed by atoms with van der Waals surface area (Å²) in [7, 11) is 0. The van der Waals surface area contributed by atoms with Gasteiger partial charge in [0.15, 0.2) is 10.9 Å². The average Bonchev–Trinajstić information content (AvgIpc) is 2.28. The Kier molecular flexibility index (Phi) is 4.55. The Morgan fingerprint density at radius 1 is 1.47 bits per heavy atom. The minimum Gasteiger partial charge on any atom is -0.461 e. The second-order valence-corrected chi connectivity index (χ2v) is 3.58. The molecule has 1 rings (SSSR count). The van der Waals surface area contributed by atoms with Crippen LogP contribution in [0, 0.1) is 0 Å². The van der Waals surface area contributed by atoms with Crippen LogP contribution in [0.3, 0.4) is 0 Å². The van der Waals surface area contributed by atoms with E-state index in [2.05, 4.69) is 9.97 Å². The number of thioether (sulfide) groups is 1. The highest BCUT2D eigenvalue weighted by molar-refractivity contribution is 7.98. The van der Waals surface area contributed by atoms with E-state index in [9.17, 15) is 4.79 Å². The molecular formula is C10H14N2O2S. The van der Waals surface area contributed by atoms with Crippen LogP contribution in [0.4, 0.5) is 0 Å². The molecule has 0 bridgehead atoms. The fraction of sp³-hybridized carbons (Fsp3) is 0.500. The van der Waals surface area contributed by atoms with Crippen LogP contribution in [0.2, 0.25) is 0 Å². The third kappa shape index (κ3) is 3.20. The van der Waals surface area contributed by atoms with E-state index in [1.165, 1.54) is 11.8 Å². The third-order valence-corrected chi connectivity index (χ3v) is 2.34. The molecule has 0 aliphatic carbocycles. The van der Waals surface area contributed by atoms with Crippen LogP contribution in [0.15, 0.2) is 11.2 Å². The summed E-state index contributed by atoms with van der Waals surface area (Å²) in [5.41, 5.74) is 1.20. The average molecular weight is 226 g/mol. The Labute approximate surface area is 93.5 Å². The predicted molar refractivity (Wildman–Crippen MR) is 59.1 cm³/mol. The van der Waals surface area contributed by atoms with Crippen molar-refractivity contribution in [2.45, 2.75) is 25.4 Å². The van der Waals surface area contributed by atoms with E-state index in [-0.39, 0.29) is 5.97 Å². The van der Waals surface area contributed by atoms with E-state index in [1.807, 2.05) is 13.2 Å². The maximum Gasteiger partial charge on any atom is 0.357 e. The minimum atomic E-state index is -0.384. The lowest BCUT2D eigenvalue weighted by Gasteiger charge is -2.04. The van der Waals surface area contributed by atoms with Crippen molar-refractivity contribution in [3.63, 3.8) is 0 Å². The van der Waals surface area contributed by atoms with Gasteiger partial charge in [-0.15, -0.1) is 0 Å². The third-order valence-electron chi connectivity index (χ3n) is 1.79. The van der Waals surface area contributed by atoms with Gasteiger partial charge >= 0.3 is 5.97 Å². The molecule has 0 radical (unpaired) electrons. The first-order chi connectivity index (χ1) is 7.21. The monoisotopic (exact) mass is 226 g/mol. The summed E-state index contributed by atoms with van der Waals surface area (Å²) in [5, 5.41) is 0.609. The highest BCUT2D eigenvalue weighted by atomic mass is 32.2. The molecule has 0 aromatic carbocycles. The first kappa shape index (κ1) is 12.0.